The molecule has 0 spiro atoms. The van der Waals surface area contributed by atoms with Gasteiger partial charge in [0.25, 0.3) is 0 Å². The smallest absolute Gasteiger partial charge is 0.247 e. The van der Waals surface area contributed by atoms with E-state index in [1.807, 2.05) is 32.0 Å². The van der Waals surface area contributed by atoms with Crippen LogP contribution in [-0.4, -0.2) is 9.63 Å². The molecule has 0 radical (unpaired) electrons. The molecule has 0 unspecified atom stereocenters. The van der Waals surface area contributed by atoms with Gasteiger partial charge in [-0.15, -0.1) is 0 Å². The van der Waals surface area contributed by atoms with Gasteiger partial charge in [-0.05, 0) is 25.5 Å². The van der Waals surface area contributed by atoms with Crippen molar-refractivity contribution in [3.05, 3.63) is 29.3 Å². The first-order valence-corrected chi connectivity index (χ1v) is 5.42. The summed E-state index contributed by atoms with van der Waals surface area (Å²) < 4.78 is -1.66. The van der Waals surface area contributed by atoms with Crippen molar-refractivity contribution in [2.45, 2.75) is 17.6 Å². The first-order chi connectivity index (χ1) is 6.80. The molecular weight excluding hydrogens is 254 g/mol. The van der Waals surface area contributed by atoms with E-state index in [9.17, 15) is 0 Å². The van der Waals surface area contributed by atoms with E-state index in [2.05, 4.69) is 4.99 Å². The molecule has 1 aromatic rings. The molecule has 2 nitrogen and oxygen atoms in total. The van der Waals surface area contributed by atoms with Crippen LogP contribution in [0.2, 0.25) is 0 Å². The summed E-state index contributed by atoms with van der Waals surface area (Å²) in [5, 5.41) is 0. The van der Waals surface area contributed by atoms with Crippen LogP contribution < -0.4 is 5.73 Å². The maximum Gasteiger partial charge on any atom is 0.247 e. The molecule has 0 saturated heterocycles. The fourth-order valence-electron chi connectivity index (χ4n) is 1.12. The van der Waals surface area contributed by atoms with E-state index in [1.165, 1.54) is 0 Å². The number of halogens is 3. The Morgan fingerprint density at radius 3 is 2.33 bits per heavy atom. The van der Waals surface area contributed by atoms with Crippen LogP contribution in [0.15, 0.2) is 23.2 Å². The van der Waals surface area contributed by atoms with Crippen LogP contribution in [0.1, 0.15) is 11.1 Å². The predicted octanol–water partition coefficient (Wildman–Crippen LogP) is 3.66. The Balaban J connectivity index is 3.09. The van der Waals surface area contributed by atoms with E-state index in [0.29, 0.717) is 5.69 Å². The summed E-state index contributed by atoms with van der Waals surface area (Å²) in [7, 11) is 0. The van der Waals surface area contributed by atoms with E-state index in [1.54, 1.807) is 0 Å². The zero-order valence-corrected chi connectivity index (χ0v) is 10.7. The number of rotatable bonds is 1. The van der Waals surface area contributed by atoms with Crippen molar-refractivity contribution in [3.8, 4) is 0 Å². The van der Waals surface area contributed by atoms with Crippen molar-refractivity contribution in [1.29, 1.82) is 0 Å². The minimum Gasteiger partial charge on any atom is -0.384 e. The molecule has 0 bridgehead atoms. The van der Waals surface area contributed by atoms with Crippen LogP contribution in [0.5, 0.6) is 0 Å². The van der Waals surface area contributed by atoms with Gasteiger partial charge in [0.05, 0.1) is 5.69 Å². The van der Waals surface area contributed by atoms with Crippen molar-refractivity contribution in [3.63, 3.8) is 0 Å². The average molecular weight is 266 g/mol. The summed E-state index contributed by atoms with van der Waals surface area (Å²) >= 11 is 16.8. The molecule has 0 saturated carbocycles. The zero-order valence-electron chi connectivity index (χ0n) is 8.39. The molecular formula is C10H11Cl3N2. The number of hydrogen-bond donors (Lipinski definition) is 1. The first kappa shape index (κ1) is 12.6. The SMILES string of the molecule is Cc1ccc(N=C(N)C(Cl)(Cl)Cl)c(C)c1. The van der Waals surface area contributed by atoms with Crippen molar-refractivity contribution < 1.29 is 0 Å². The molecule has 1 rings (SSSR count). The Labute approximate surface area is 104 Å². The topological polar surface area (TPSA) is 38.4 Å². The Morgan fingerprint density at radius 2 is 1.87 bits per heavy atom. The third-order valence-corrected chi connectivity index (χ3v) is 2.46. The number of aliphatic imine (C=N–C) groups is 1. The summed E-state index contributed by atoms with van der Waals surface area (Å²) in [4.78, 5) is 4.07. The molecule has 0 atom stereocenters. The monoisotopic (exact) mass is 264 g/mol. The standard InChI is InChI=1S/C10H11Cl3N2/c1-6-3-4-8(7(2)5-6)15-9(14)10(11,12)13/h3-5H,1-2H3,(H2,14,15). The normalized spacial score (nSPS) is 13.0. The van der Waals surface area contributed by atoms with Crippen molar-refractivity contribution in [2.24, 2.45) is 10.7 Å². The van der Waals surface area contributed by atoms with Crippen molar-refractivity contribution >= 4 is 46.3 Å². The molecule has 2 N–H and O–H groups in total. The molecule has 0 aromatic heterocycles. The molecule has 0 fully saturated rings. The van der Waals surface area contributed by atoms with Gasteiger partial charge in [-0.25, -0.2) is 4.99 Å². The van der Waals surface area contributed by atoms with Gasteiger partial charge in [-0.2, -0.15) is 0 Å². The third-order valence-electron chi connectivity index (χ3n) is 1.88. The van der Waals surface area contributed by atoms with Gasteiger partial charge < -0.3 is 5.73 Å². The lowest BCUT2D eigenvalue weighted by Gasteiger charge is -2.10. The fourth-order valence-corrected chi connectivity index (χ4v) is 1.25. The Bertz CT molecular complexity index is 394. The number of alkyl halides is 3. The summed E-state index contributed by atoms with van der Waals surface area (Å²) in [6.45, 7) is 3.93. The summed E-state index contributed by atoms with van der Waals surface area (Å²) in [5.74, 6) is -0.0283. The summed E-state index contributed by atoms with van der Waals surface area (Å²) in [5.41, 5.74) is 8.40. The van der Waals surface area contributed by atoms with Gasteiger partial charge in [0.15, 0.2) is 5.84 Å². The lowest BCUT2D eigenvalue weighted by atomic mass is 10.1. The number of hydrogen-bond acceptors (Lipinski definition) is 1. The Morgan fingerprint density at radius 1 is 1.27 bits per heavy atom. The maximum atomic E-state index is 5.59. The van der Waals surface area contributed by atoms with Gasteiger partial charge in [-0.1, -0.05) is 52.5 Å². The number of nitrogens with zero attached hydrogens (tertiary/aromatic N) is 1. The van der Waals surface area contributed by atoms with Crippen LogP contribution in [0.3, 0.4) is 0 Å². The minimum absolute atomic E-state index is 0.0283. The lowest BCUT2D eigenvalue weighted by Crippen LogP contribution is -2.27. The minimum atomic E-state index is -1.66. The summed E-state index contributed by atoms with van der Waals surface area (Å²) in [6.07, 6.45) is 0. The molecule has 0 aliphatic carbocycles. The van der Waals surface area contributed by atoms with Gasteiger partial charge in [-0.3, -0.25) is 0 Å². The molecule has 1 aromatic carbocycles. The van der Waals surface area contributed by atoms with E-state index >= 15 is 0 Å². The van der Waals surface area contributed by atoms with E-state index in [-0.39, 0.29) is 5.84 Å². The van der Waals surface area contributed by atoms with Gasteiger partial charge >= 0.3 is 0 Å². The first-order valence-electron chi connectivity index (χ1n) is 4.29. The van der Waals surface area contributed by atoms with Gasteiger partial charge in [0, 0.05) is 0 Å². The van der Waals surface area contributed by atoms with Crippen LogP contribution in [0, 0.1) is 13.8 Å². The molecule has 0 amide bonds. The molecule has 0 heterocycles. The third kappa shape index (κ3) is 3.56. The summed E-state index contributed by atoms with van der Waals surface area (Å²) in [6, 6.07) is 5.76. The highest BCUT2D eigenvalue weighted by atomic mass is 35.6. The Kier molecular flexibility index (Phi) is 3.87. The quantitative estimate of drug-likeness (QED) is 0.470. The number of benzene rings is 1. The second-order valence-electron chi connectivity index (χ2n) is 3.28. The fraction of sp³-hybridized carbons (Fsp3) is 0.300. The molecule has 0 aliphatic rings. The molecule has 0 aliphatic heterocycles. The van der Waals surface area contributed by atoms with Crippen LogP contribution >= 0.6 is 34.8 Å². The zero-order chi connectivity index (χ0) is 11.6. The second kappa shape index (κ2) is 4.60. The largest absolute Gasteiger partial charge is 0.384 e. The molecule has 5 heteroatoms. The average Bonchev–Trinajstić information content (AvgIpc) is 2.08. The maximum absolute atomic E-state index is 5.59. The highest BCUT2D eigenvalue weighted by Crippen LogP contribution is 2.28. The van der Waals surface area contributed by atoms with Crippen LogP contribution in [-0.2, 0) is 0 Å². The van der Waals surface area contributed by atoms with E-state index in [0.717, 1.165) is 11.1 Å². The highest BCUT2D eigenvalue weighted by Gasteiger charge is 2.25. The van der Waals surface area contributed by atoms with Crippen molar-refractivity contribution in [2.75, 3.05) is 0 Å². The van der Waals surface area contributed by atoms with Crippen LogP contribution in [0.25, 0.3) is 0 Å². The molecule has 15 heavy (non-hydrogen) atoms. The predicted molar refractivity (Wildman–Crippen MR) is 67.5 cm³/mol. The number of aryl methyl sites for hydroxylation is 2. The molecule has 82 valence electrons. The second-order valence-corrected chi connectivity index (χ2v) is 5.57. The van der Waals surface area contributed by atoms with E-state index < -0.39 is 3.79 Å². The Hall–Kier alpha value is -0.440. The van der Waals surface area contributed by atoms with Crippen molar-refractivity contribution in [1.82, 2.24) is 0 Å². The number of nitrogens with two attached hydrogens (primary N) is 1. The van der Waals surface area contributed by atoms with Crippen LogP contribution in [0.4, 0.5) is 5.69 Å². The van der Waals surface area contributed by atoms with E-state index in [4.69, 9.17) is 40.5 Å². The number of amidine groups is 1. The van der Waals surface area contributed by atoms with Gasteiger partial charge in [0.1, 0.15) is 0 Å². The van der Waals surface area contributed by atoms with Gasteiger partial charge in [0.2, 0.25) is 3.79 Å². The lowest BCUT2D eigenvalue weighted by molar-refractivity contribution is 1.31. The highest BCUT2D eigenvalue weighted by molar-refractivity contribution is 6.76.